The van der Waals surface area contributed by atoms with Crippen LogP contribution in [0.25, 0.3) is 0 Å². The fourth-order valence-corrected chi connectivity index (χ4v) is 2.38. The number of hydrogen-bond donors (Lipinski definition) is 1. The topological polar surface area (TPSA) is 117 Å². The molecule has 0 saturated heterocycles. The molecule has 2 aromatic rings. The van der Waals surface area contributed by atoms with Crippen LogP contribution >= 0.6 is 0 Å². The number of amides is 1. The maximum atomic E-state index is 12.7. The molecule has 0 aromatic heterocycles. The van der Waals surface area contributed by atoms with Crippen LogP contribution in [0.4, 0.5) is 11.4 Å². The number of nitro groups is 1. The van der Waals surface area contributed by atoms with Crippen LogP contribution in [0.1, 0.15) is 27.6 Å². The number of nitrogens with one attached hydrogen (secondary N) is 1. The van der Waals surface area contributed by atoms with E-state index in [4.69, 9.17) is 9.47 Å². The highest BCUT2D eigenvalue weighted by atomic mass is 16.6. The lowest BCUT2D eigenvalue weighted by Gasteiger charge is -2.13. The summed E-state index contributed by atoms with van der Waals surface area (Å²) in [6, 6.07) is 8.51. The van der Waals surface area contributed by atoms with Crippen molar-refractivity contribution in [1.29, 1.82) is 0 Å². The molecule has 0 fully saturated rings. The SMILES string of the molecule is CCOc1cc([N+](=O)[O-])c(C(=O)Nc2ccccc2C(=O)OC)cc1OC. The van der Waals surface area contributed by atoms with Crippen molar-refractivity contribution in [1.82, 2.24) is 0 Å². The van der Waals surface area contributed by atoms with Crippen molar-refractivity contribution < 1.29 is 28.7 Å². The summed E-state index contributed by atoms with van der Waals surface area (Å²) in [6.45, 7) is 1.99. The van der Waals surface area contributed by atoms with Crippen LogP contribution in [0, 0.1) is 10.1 Å². The summed E-state index contributed by atoms with van der Waals surface area (Å²) in [6.07, 6.45) is 0. The molecular formula is C18H18N2O7. The van der Waals surface area contributed by atoms with Crippen molar-refractivity contribution in [3.63, 3.8) is 0 Å². The first kappa shape index (κ1) is 19.7. The van der Waals surface area contributed by atoms with Gasteiger partial charge in [0.25, 0.3) is 11.6 Å². The van der Waals surface area contributed by atoms with Gasteiger partial charge >= 0.3 is 5.97 Å². The van der Waals surface area contributed by atoms with E-state index >= 15 is 0 Å². The van der Waals surface area contributed by atoms with Crippen LogP contribution in [0.2, 0.25) is 0 Å². The zero-order valence-corrected chi connectivity index (χ0v) is 15.0. The van der Waals surface area contributed by atoms with E-state index in [1.807, 2.05) is 0 Å². The Hall–Kier alpha value is -3.62. The monoisotopic (exact) mass is 374 g/mol. The van der Waals surface area contributed by atoms with Gasteiger partial charge < -0.3 is 19.5 Å². The van der Waals surface area contributed by atoms with Crippen LogP contribution in [0.5, 0.6) is 11.5 Å². The maximum absolute atomic E-state index is 12.7. The third-order valence-corrected chi connectivity index (χ3v) is 3.60. The molecule has 142 valence electrons. The lowest BCUT2D eigenvalue weighted by Crippen LogP contribution is -2.17. The summed E-state index contributed by atoms with van der Waals surface area (Å²) in [5.74, 6) is -1.10. The highest BCUT2D eigenvalue weighted by Gasteiger charge is 2.25. The number of methoxy groups -OCH3 is 2. The van der Waals surface area contributed by atoms with Crippen LogP contribution in [-0.2, 0) is 4.74 Å². The number of anilines is 1. The lowest BCUT2D eigenvalue weighted by atomic mass is 10.1. The van der Waals surface area contributed by atoms with E-state index in [0.717, 1.165) is 6.07 Å². The van der Waals surface area contributed by atoms with E-state index in [9.17, 15) is 19.7 Å². The molecule has 0 heterocycles. The van der Waals surface area contributed by atoms with Gasteiger partial charge in [0.1, 0.15) is 5.56 Å². The van der Waals surface area contributed by atoms with Gasteiger partial charge in [-0.1, -0.05) is 12.1 Å². The van der Waals surface area contributed by atoms with E-state index in [1.54, 1.807) is 19.1 Å². The number of hydrogen-bond acceptors (Lipinski definition) is 7. The van der Waals surface area contributed by atoms with Gasteiger partial charge in [0.2, 0.25) is 0 Å². The third-order valence-electron chi connectivity index (χ3n) is 3.60. The molecule has 0 radical (unpaired) electrons. The summed E-state index contributed by atoms with van der Waals surface area (Å²) in [4.78, 5) is 35.2. The molecule has 0 bridgehead atoms. The van der Waals surface area contributed by atoms with E-state index in [1.165, 1.54) is 32.4 Å². The first-order chi connectivity index (χ1) is 12.9. The van der Waals surface area contributed by atoms with Crippen molar-refractivity contribution in [3.05, 3.63) is 57.6 Å². The molecule has 0 aliphatic rings. The first-order valence-electron chi connectivity index (χ1n) is 7.90. The number of carbonyl (C=O) groups excluding carboxylic acids is 2. The Kier molecular flexibility index (Phi) is 6.32. The van der Waals surface area contributed by atoms with Gasteiger partial charge in [-0.2, -0.15) is 0 Å². The Bertz CT molecular complexity index is 880. The zero-order chi connectivity index (χ0) is 20.0. The largest absolute Gasteiger partial charge is 0.493 e. The smallest absolute Gasteiger partial charge is 0.339 e. The van der Waals surface area contributed by atoms with Crippen molar-refractivity contribution in [2.75, 3.05) is 26.1 Å². The Balaban J connectivity index is 2.47. The van der Waals surface area contributed by atoms with Crippen LogP contribution < -0.4 is 14.8 Å². The number of nitro benzene ring substituents is 1. The van der Waals surface area contributed by atoms with Crippen LogP contribution in [-0.4, -0.2) is 37.6 Å². The van der Waals surface area contributed by atoms with Gasteiger partial charge in [-0.15, -0.1) is 0 Å². The standard InChI is InChI=1S/C18H18N2O7/c1-4-27-16-10-14(20(23)24)12(9-15(16)25-2)17(21)19-13-8-6-5-7-11(13)18(22)26-3/h5-10H,4H2,1-3H3,(H,19,21). The summed E-state index contributed by atoms with van der Waals surface area (Å²) in [7, 11) is 2.57. The van der Waals surface area contributed by atoms with Crippen LogP contribution in [0.15, 0.2) is 36.4 Å². The predicted molar refractivity (Wildman–Crippen MR) is 96.6 cm³/mol. The molecule has 0 unspecified atom stereocenters. The predicted octanol–water partition coefficient (Wildman–Crippen LogP) is 3.04. The van der Waals surface area contributed by atoms with Gasteiger partial charge in [0.05, 0.1) is 43.1 Å². The quantitative estimate of drug-likeness (QED) is 0.450. The number of benzene rings is 2. The number of carbonyl (C=O) groups is 2. The molecule has 1 N–H and O–H groups in total. The van der Waals surface area contributed by atoms with Crippen molar-refractivity contribution in [3.8, 4) is 11.5 Å². The maximum Gasteiger partial charge on any atom is 0.339 e. The Morgan fingerprint density at radius 2 is 1.81 bits per heavy atom. The number of esters is 1. The number of nitrogens with zero attached hydrogens (tertiary/aromatic N) is 1. The number of rotatable bonds is 7. The molecule has 0 aliphatic heterocycles. The second kappa shape index (κ2) is 8.65. The molecule has 27 heavy (non-hydrogen) atoms. The van der Waals surface area contributed by atoms with Gasteiger partial charge in [0, 0.05) is 6.07 Å². The Morgan fingerprint density at radius 3 is 2.41 bits per heavy atom. The summed E-state index contributed by atoms with van der Waals surface area (Å²) in [5.41, 5.74) is -0.405. The molecule has 2 aromatic carbocycles. The second-order valence-corrected chi connectivity index (χ2v) is 5.20. The van der Waals surface area contributed by atoms with Gasteiger partial charge in [-0.05, 0) is 19.1 Å². The average molecular weight is 374 g/mol. The minimum atomic E-state index is -0.778. The fraction of sp³-hybridized carbons (Fsp3) is 0.222. The molecular weight excluding hydrogens is 356 g/mol. The fourth-order valence-electron chi connectivity index (χ4n) is 2.38. The molecule has 0 spiro atoms. The third kappa shape index (κ3) is 4.32. The minimum absolute atomic E-state index is 0.119. The molecule has 2 rings (SSSR count). The van der Waals surface area contributed by atoms with Gasteiger partial charge in [-0.3, -0.25) is 14.9 Å². The second-order valence-electron chi connectivity index (χ2n) is 5.20. The molecule has 0 saturated carbocycles. The van der Waals surface area contributed by atoms with Gasteiger partial charge in [-0.25, -0.2) is 4.79 Å². The highest BCUT2D eigenvalue weighted by Crippen LogP contribution is 2.35. The van der Waals surface area contributed by atoms with E-state index in [0.29, 0.717) is 0 Å². The van der Waals surface area contributed by atoms with Crippen LogP contribution in [0.3, 0.4) is 0 Å². The number of para-hydroxylation sites is 1. The number of ether oxygens (including phenoxy) is 3. The normalized spacial score (nSPS) is 10.0. The highest BCUT2D eigenvalue weighted by molar-refractivity contribution is 6.10. The zero-order valence-electron chi connectivity index (χ0n) is 15.0. The van der Waals surface area contributed by atoms with E-state index in [-0.39, 0.29) is 34.9 Å². The van der Waals surface area contributed by atoms with Gasteiger partial charge in [0.15, 0.2) is 11.5 Å². The molecule has 0 atom stereocenters. The van der Waals surface area contributed by atoms with Crippen molar-refractivity contribution >= 4 is 23.3 Å². The summed E-state index contributed by atoms with van der Waals surface area (Å²) < 4.78 is 15.1. The molecule has 0 aliphatic carbocycles. The van der Waals surface area contributed by atoms with E-state index in [2.05, 4.69) is 10.1 Å². The van der Waals surface area contributed by atoms with E-state index < -0.39 is 22.5 Å². The molecule has 1 amide bonds. The summed E-state index contributed by atoms with van der Waals surface area (Å²) >= 11 is 0. The lowest BCUT2D eigenvalue weighted by molar-refractivity contribution is -0.385. The molecule has 9 nitrogen and oxygen atoms in total. The van der Waals surface area contributed by atoms with Crippen molar-refractivity contribution in [2.24, 2.45) is 0 Å². The average Bonchev–Trinajstić information content (AvgIpc) is 2.67. The Morgan fingerprint density at radius 1 is 1.11 bits per heavy atom. The molecule has 9 heteroatoms. The van der Waals surface area contributed by atoms with Crippen molar-refractivity contribution in [2.45, 2.75) is 6.92 Å². The first-order valence-corrected chi connectivity index (χ1v) is 7.90. The Labute approximate surface area is 155 Å². The summed E-state index contributed by atoms with van der Waals surface area (Å²) in [5, 5.41) is 13.9. The minimum Gasteiger partial charge on any atom is -0.493 e.